The first kappa shape index (κ1) is 14.5. The second kappa shape index (κ2) is 6.99. The smallest absolute Gasteiger partial charge is 0.0863 e. The standard InChI is InChI=1S/C12H22ClN3O/c1-5-10-12(13)11(16(4)15-10)8-14-7-9(3)17-6-2/h9,14H,5-8H2,1-4H3. The second-order valence-electron chi connectivity index (χ2n) is 4.08. The molecule has 1 unspecified atom stereocenters. The molecule has 4 nitrogen and oxygen atoms in total. The molecule has 5 heteroatoms. The fourth-order valence-electron chi connectivity index (χ4n) is 1.75. The van der Waals surface area contributed by atoms with Gasteiger partial charge in [0, 0.05) is 26.7 Å². The number of ether oxygens (including phenoxy) is 1. The van der Waals surface area contributed by atoms with Crippen LogP contribution in [-0.4, -0.2) is 29.0 Å². The van der Waals surface area contributed by atoms with Crippen molar-refractivity contribution in [3.63, 3.8) is 0 Å². The Morgan fingerprint density at radius 1 is 1.47 bits per heavy atom. The Hall–Kier alpha value is -0.580. The number of aromatic nitrogens is 2. The Morgan fingerprint density at radius 2 is 2.18 bits per heavy atom. The molecule has 98 valence electrons. The molecule has 0 spiro atoms. The van der Waals surface area contributed by atoms with Crippen LogP contribution in [0.3, 0.4) is 0 Å². The van der Waals surface area contributed by atoms with Gasteiger partial charge in [0.15, 0.2) is 0 Å². The van der Waals surface area contributed by atoms with Gasteiger partial charge in [0.25, 0.3) is 0 Å². The lowest BCUT2D eigenvalue weighted by molar-refractivity contribution is 0.0758. The largest absolute Gasteiger partial charge is 0.377 e. The molecule has 1 heterocycles. The summed E-state index contributed by atoms with van der Waals surface area (Å²) >= 11 is 6.25. The van der Waals surface area contributed by atoms with Crippen LogP contribution in [0.15, 0.2) is 0 Å². The van der Waals surface area contributed by atoms with Crippen LogP contribution in [0.2, 0.25) is 5.02 Å². The fraction of sp³-hybridized carbons (Fsp3) is 0.750. The average Bonchev–Trinajstić information content (AvgIpc) is 2.56. The summed E-state index contributed by atoms with van der Waals surface area (Å²) in [4.78, 5) is 0. The van der Waals surface area contributed by atoms with Gasteiger partial charge in [-0.3, -0.25) is 4.68 Å². The van der Waals surface area contributed by atoms with E-state index in [1.54, 1.807) is 0 Å². The van der Waals surface area contributed by atoms with Crippen molar-refractivity contribution >= 4 is 11.6 Å². The third-order valence-corrected chi connectivity index (χ3v) is 3.11. The minimum absolute atomic E-state index is 0.220. The van der Waals surface area contributed by atoms with Gasteiger partial charge in [-0.25, -0.2) is 0 Å². The number of nitrogens with zero attached hydrogens (tertiary/aromatic N) is 2. The zero-order valence-corrected chi connectivity index (χ0v) is 11.8. The van der Waals surface area contributed by atoms with E-state index >= 15 is 0 Å². The summed E-state index contributed by atoms with van der Waals surface area (Å²) in [5.74, 6) is 0. The highest BCUT2D eigenvalue weighted by Crippen LogP contribution is 2.20. The molecule has 1 aromatic heterocycles. The molecule has 1 rings (SSSR count). The van der Waals surface area contributed by atoms with Gasteiger partial charge in [0.1, 0.15) is 0 Å². The number of aryl methyl sites for hydroxylation is 2. The van der Waals surface area contributed by atoms with Gasteiger partial charge >= 0.3 is 0 Å². The molecule has 0 radical (unpaired) electrons. The molecular weight excluding hydrogens is 238 g/mol. The summed E-state index contributed by atoms with van der Waals surface area (Å²) in [6.07, 6.45) is 1.08. The number of nitrogens with one attached hydrogen (secondary N) is 1. The first-order valence-electron chi connectivity index (χ1n) is 6.12. The lowest BCUT2D eigenvalue weighted by atomic mass is 10.3. The minimum Gasteiger partial charge on any atom is -0.377 e. The second-order valence-corrected chi connectivity index (χ2v) is 4.46. The molecule has 0 saturated carbocycles. The summed E-state index contributed by atoms with van der Waals surface area (Å²) in [7, 11) is 1.92. The lowest BCUT2D eigenvalue weighted by Gasteiger charge is -2.12. The van der Waals surface area contributed by atoms with Crippen molar-refractivity contribution in [1.82, 2.24) is 15.1 Å². The van der Waals surface area contributed by atoms with E-state index in [9.17, 15) is 0 Å². The minimum atomic E-state index is 0.220. The summed E-state index contributed by atoms with van der Waals surface area (Å²) in [5.41, 5.74) is 2.00. The SMILES string of the molecule is CCOC(C)CNCc1c(Cl)c(CC)nn1C. The summed E-state index contributed by atoms with van der Waals surface area (Å²) < 4.78 is 7.30. The van der Waals surface area contributed by atoms with Gasteiger partial charge in [-0.1, -0.05) is 18.5 Å². The van der Waals surface area contributed by atoms with Crippen molar-refractivity contribution in [2.75, 3.05) is 13.2 Å². The maximum atomic E-state index is 6.25. The van der Waals surface area contributed by atoms with Gasteiger partial charge in [0.2, 0.25) is 0 Å². The Balaban J connectivity index is 2.49. The molecule has 0 aliphatic carbocycles. The first-order valence-corrected chi connectivity index (χ1v) is 6.50. The van der Waals surface area contributed by atoms with Gasteiger partial charge in [-0.05, 0) is 20.3 Å². The van der Waals surface area contributed by atoms with Gasteiger partial charge in [-0.15, -0.1) is 0 Å². The molecule has 0 aliphatic heterocycles. The van der Waals surface area contributed by atoms with E-state index < -0.39 is 0 Å². The summed E-state index contributed by atoms with van der Waals surface area (Å²) in [6.45, 7) is 8.40. The predicted octanol–water partition coefficient (Wildman–Crippen LogP) is 2.15. The normalized spacial score (nSPS) is 13.0. The Kier molecular flexibility index (Phi) is 5.95. The maximum absolute atomic E-state index is 6.25. The van der Waals surface area contributed by atoms with Crippen molar-refractivity contribution in [3.8, 4) is 0 Å². The Morgan fingerprint density at radius 3 is 2.71 bits per heavy atom. The maximum Gasteiger partial charge on any atom is 0.0863 e. The molecule has 1 atom stereocenters. The van der Waals surface area contributed by atoms with Crippen LogP contribution in [0.5, 0.6) is 0 Å². The first-order chi connectivity index (χ1) is 8.10. The van der Waals surface area contributed by atoms with Crippen LogP contribution < -0.4 is 5.32 Å². The highest BCUT2D eigenvalue weighted by Gasteiger charge is 2.12. The predicted molar refractivity (Wildman–Crippen MR) is 70.4 cm³/mol. The van der Waals surface area contributed by atoms with Gasteiger partial charge in [0.05, 0.1) is 22.5 Å². The van der Waals surface area contributed by atoms with Crippen molar-refractivity contribution in [2.45, 2.75) is 39.8 Å². The Labute approximate surface area is 108 Å². The van der Waals surface area contributed by atoms with E-state index in [-0.39, 0.29) is 6.10 Å². The van der Waals surface area contributed by atoms with Gasteiger partial charge < -0.3 is 10.1 Å². The molecule has 1 N–H and O–H groups in total. The number of hydrogen-bond donors (Lipinski definition) is 1. The van der Waals surface area contributed by atoms with Crippen LogP contribution in [0.4, 0.5) is 0 Å². The van der Waals surface area contributed by atoms with E-state index in [1.807, 2.05) is 18.7 Å². The molecule has 0 saturated heterocycles. The topological polar surface area (TPSA) is 39.1 Å². The summed E-state index contributed by atoms with van der Waals surface area (Å²) in [6, 6.07) is 0. The molecule has 1 aromatic rings. The monoisotopic (exact) mass is 259 g/mol. The zero-order chi connectivity index (χ0) is 12.8. The molecule has 0 aliphatic rings. The van der Waals surface area contributed by atoms with Gasteiger partial charge in [-0.2, -0.15) is 5.10 Å². The van der Waals surface area contributed by atoms with E-state index in [4.69, 9.17) is 16.3 Å². The van der Waals surface area contributed by atoms with Crippen LogP contribution in [0, 0.1) is 0 Å². The number of halogens is 1. The quantitative estimate of drug-likeness (QED) is 0.816. The van der Waals surface area contributed by atoms with E-state index in [0.717, 1.165) is 42.5 Å². The fourth-order valence-corrected chi connectivity index (χ4v) is 2.11. The van der Waals surface area contributed by atoms with Crippen LogP contribution in [-0.2, 0) is 24.8 Å². The van der Waals surface area contributed by atoms with Crippen molar-refractivity contribution in [2.24, 2.45) is 7.05 Å². The highest BCUT2D eigenvalue weighted by atomic mass is 35.5. The highest BCUT2D eigenvalue weighted by molar-refractivity contribution is 6.31. The lowest BCUT2D eigenvalue weighted by Crippen LogP contribution is -2.27. The van der Waals surface area contributed by atoms with Crippen molar-refractivity contribution < 1.29 is 4.74 Å². The van der Waals surface area contributed by atoms with Crippen molar-refractivity contribution in [1.29, 1.82) is 0 Å². The van der Waals surface area contributed by atoms with E-state index in [1.165, 1.54) is 0 Å². The van der Waals surface area contributed by atoms with Crippen molar-refractivity contribution in [3.05, 3.63) is 16.4 Å². The molecular formula is C12H22ClN3O. The molecule has 0 fully saturated rings. The van der Waals surface area contributed by atoms with Crippen LogP contribution in [0.1, 0.15) is 32.2 Å². The molecule has 0 aromatic carbocycles. The zero-order valence-electron chi connectivity index (χ0n) is 11.1. The van der Waals surface area contributed by atoms with Crippen LogP contribution in [0.25, 0.3) is 0 Å². The Bertz CT molecular complexity index is 352. The molecule has 17 heavy (non-hydrogen) atoms. The third-order valence-electron chi connectivity index (χ3n) is 2.68. The average molecular weight is 260 g/mol. The number of rotatable bonds is 7. The van der Waals surface area contributed by atoms with Crippen LogP contribution >= 0.6 is 11.6 Å². The van der Waals surface area contributed by atoms with E-state index in [2.05, 4.69) is 24.3 Å². The third kappa shape index (κ3) is 3.98. The number of hydrogen-bond acceptors (Lipinski definition) is 3. The molecule has 0 bridgehead atoms. The molecule has 0 amide bonds. The van der Waals surface area contributed by atoms with E-state index in [0.29, 0.717) is 0 Å². The summed E-state index contributed by atoms with van der Waals surface area (Å²) in [5, 5.41) is 8.50.